The van der Waals surface area contributed by atoms with Crippen LogP contribution >= 0.6 is 11.6 Å². The van der Waals surface area contributed by atoms with Crippen molar-refractivity contribution < 1.29 is 14.5 Å². The van der Waals surface area contributed by atoms with E-state index < -0.39 is 10.8 Å². The number of nitro groups is 1. The average molecular weight is 376 g/mol. The fourth-order valence-electron chi connectivity index (χ4n) is 2.35. The van der Waals surface area contributed by atoms with E-state index in [-0.39, 0.29) is 30.2 Å². The number of likely N-dealkylation sites (N-methyl/N-ethyl adjacent to an activating group) is 1. The zero-order chi connectivity index (χ0) is 19.3. The summed E-state index contributed by atoms with van der Waals surface area (Å²) < 4.78 is 0. The molecule has 0 atom stereocenters. The van der Waals surface area contributed by atoms with Gasteiger partial charge in [0.2, 0.25) is 5.91 Å². The van der Waals surface area contributed by atoms with Crippen LogP contribution in [-0.2, 0) is 4.79 Å². The molecule has 0 aliphatic carbocycles. The summed E-state index contributed by atoms with van der Waals surface area (Å²) >= 11 is 5.93. The number of amides is 2. The maximum atomic E-state index is 12.6. The van der Waals surface area contributed by atoms with Crippen molar-refractivity contribution in [3.05, 3.63) is 68.7 Å². The summed E-state index contributed by atoms with van der Waals surface area (Å²) in [5, 5.41) is 14.1. The number of hydrogen-bond acceptors (Lipinski definition) is 4. The normalized spacial score (nSPS) is 10.3. The molecule has 26 heavy (non-hydrogen) atoms. The fourth-order valence-corrected chi connectivity index (χ4v) is 2.53. The number of carbonyl (C=O) groups excluding carboxylic acids is 2. The van der Waals surface area contributed by atoms with E-state index >= 15 is 0 Å². The average Bonchev–Trinajstić information content (AvgIpc) is 2.62. The first-order valence-electron chi connectivity index (χ1n) is 7.91. The second kappa shape index (κ2) is 8.44. The summed E-state index contributed by atoms with van der Waals surface area (Å²) in [6.07, 6.45) is 0. The van der Waals surface area contributed by atoms with Crippen molar-refractivity contribution in [1.82, 2.24) is 4.90 Å². The van der Waals surface area contributed by atoms with Gasteiger partial charge >= 0.3 is 0 Å². The van der Waals surface area contributed by atoms with Crippen LogP contribution in [0.15, 0.2) is 42.5 Å². The minimum Gasteiger partial charge on any atom is -0.330 e. The summed E-state index contributed by atoms with van der Waals surface area (Å²) in [7, 11) is 0. The SMILES string of the molecule is CCN(CC(=O)Nc1cc(Cl)ccc1C)C(=O)c1cccc([N+](=O)[O-])c1. The lowest BCUT2D eigenvalue weighted by Gasteiger charge is -2.20. The van der Waals surface area contributed by atoms with Gasteiger partial charge in [0, 0.05) is 35.0 Å². The molecule has 0 aliphatic heterocycles. The van der Waals surface area contributed by atoms with E-state index in [0.717, 1.165) is 5.56 Å². The molecule has 1 N–H and O–H groups in total. The van der Waals surface area contributed by atoms with Gasteiger partial charge in [0.25, 0.3) is 11.6 Å². The van der Waals surface area contributed by atoms with Crippen molar-refractivity contribution in [2.75, 3.05) is 18.4 Å². The van der Waals surface area contributed by atoms with Crippen LogP contribution < -0.4 is 5.32 Å². The van der Waals surface area contributed by atoms with Crippen molar-refractivity contribution in [2.24, 2.45) is 0 Å². The summed E-state index contributed by atoms with van der Waals surface area (Å²) in [6.45, 7) is 3.67. The summed E-state index contributed by atoms with van der Waals surface area (Å²) in [5.41, 5.74) is 1.40. The minimum absolute atomic E-state index is 0.160. The molecule has 0 saturated heterocycles. The first kappa shape index (κ1) is 19.4. The van der Waals surface area contributed by atoms with Crippen LogP contribution in [-0.4, -0.2) is 34.7 Å². The lowest BCUT2D eigenvalue weighted by Crippen LogP contribution is -2.38. The number of aryl methyl sites for hydroxylation is 1. The summed E-state index contributed by atoms with van der Waals surface area (Å²) in [4.78, 5) is 36.5. The highest BCUT2D eigenvalue weighted by Crippen LogP contribution is 2.20. The van der Waals surface area contributed by atoms with Crippen LogP contribution in [0.5, 0.6) is 0 Å². The fraction of sp³-hybridized carbons (Fsp3) is 0.222. The third-order valence-corrected chi connectivity index (χ3v) is 4.02. The number of rotatable bonds is 6. The summed E-state index contributed by atoms with van der Waals surface area (Å²) in [6, 6.07) is 10.6. The predicted octanol–water partition coefficient (Wildman–Crippen LogP) is 3.66. The van der Waals surface area contributed by atoms with Crippen molar-refractivity contribution in [3.8, 4) is 0 Å². The second-order valence-electron chi connectivity index (χ2n) is 5.63. The molecule has 0 aliphatic rings. The highest BCUT2D eigenvalue weighted by molar-refractivity contribution is 6.31. The molecule has 2 aromatic rings. The molecule has 0 aromatic heterocycles. The Morgan fingerprint density at radius 2 is 1.96 bits per heavy atom. The molecule has 0 saturated carbocycles. The number of non-ortho nitro benzene ring substituents is 1. The molecule has 0 heterocycles. The molecule has 8 heteroatoms. The molecule has 0 bridgehead atoms. The van der Waals surface area contributed by atoms with Crippen LogP contribution in [0.3, 0.4) is 0 Å². The maximum absolute atomic E-state index is 12.6. The predicted molar refractivity (Wildman–Crippen MR) is 99.5 cm³/mol. The van der Waals surface area contributed by atoms with E-state index in [1.807, 2.05) is 6.92 Å². The number of carbonyl (C=O) groups is 2. The molecule has 0 fully saturated rings. The van der Waals surface area contributed by atoms with Gasteiger partial charge in [-0.15, -0.1) is 0 Å². The molecule has 2 rings (SSSR count). The molecule has 2 aromatic carbocycles. The van der Waals surface area contributed by atoms with E-state index in [0.29, 0.717) is 10.7 Å². The Bertz CT molecular complexity index is 854. The Morgan fingerprint density at radius 1 is 1.23 bits per heavy atom. The Kier molecular flexibility index (Phi) is 6.30. The standard InChI is InChI=1S/C18H18ClN3O4/c1-3-21(18(24)13-5-4-6-15(9-13)22(25)26)11-17(23)20-16-10-14(19)8-7-12(16)2/h4-10H,3,11H2,1-2H3,(H,20,23). The quantitative estimate of drug-likeness (QED) is 0.616. The zero-order valence-electron chi connectivity index (χ0n) is 14.4. The Morgan fingerprint density at radius 3 is 2.62 bits per heavy atom. The van der Waals surface area contributed by atoms with Gasteiger partial charge in [0.1, 0.15) is 6.54 Å². The first-order valence-corrected chi connectivity index (χ1v) is 8.29. The van der Waals surface area contributed by atoms with Gasteiger partial charge in [-0.2, -0.15) is 0 Å². The smallest absolute Gasteiger partial charge is 0.270 e. The Hall–Kier alpha value is -2.93. The number of halogens is 1. The number of nitrogens with one attached hydrogen (secondary N) is 1. The van der Waals surface area contributed by atoms with Crippen LogP contribution in [0.1, 0.15) is 22.8 Å². The van der Waals surface area contributed by atoms with Gasteiger partial charge in [-0.3, -0.25) is 19.7 Å². The van der Waals surface area contributed by atoms with E-state index in [4.69, 9.17) is 11.6 Å². The van der Waals surface area contributed by atoms with E-state index in [1.54, 1.807) is 25.1 Å². The lowest BCUT2D eigenvalue weighted by atomic mass is 10.1. The van der Waals surface area contributed by atoms with Crippen LogP contribution in [0.4, 0.5) is 11.4 Å². The Labute approximate surface area is 155 Å². The van der Waals surface area contributed by atoms with Crippen LogP contribution in [0, 0.1) is 17.0 Å². The maximum Gasteiger partial charge on any atom is 0.270 e. The number of anilines is 1. The molecular formula is C18H18ClN3O4. The van der Waals surface area contributed by atoms with Crippen molar-refractivity contribution in [2.45, 2.75) is 13.8 Å². The monoisotopic (exact) mass is 375 g/mol. The Balaban J connectivity index is 2.11. The molecule has 136 valence electrons. The van der Waals surface area contributed by atoms with Crippen LogP contribution in [0.25, 0.3) is 0 Å². The number of nitro benzene ring substituents is 1. The van der Waals surface area contributed by atoms with Gasteiger partial charge in [0.15, 0.2) is 0 Å². The molecule has 2 amide bonds. The number of hydrogen-bond donors (Lipinski definition) is 1. The van der Waals surface area contributed by atoms with Crippen LogP contribution in [0.2, 0.25) is 5.02 Å². The van der Waals surface area contributed by atoms with Gasteiger partial charge in [0.05, 0.1) is 4.92 Å². The minimum atomic E-state index is -0.568. The highest BCUT2D eigenvalue weighted by atomic mass is 35.5. The largest absolute Gasteiger partial charge is 0.330 e. The van der Waals surface area contributed by atoms with Crippen molar-refractivity contribution >= 4 is 34.8 Å². The zero-order valence-corrected chi connectivity index (χ0v) is 15.1. The lowest BCUT2D eigenvalue weighted by molar-refractivity contribution is -0.384. The second-order valence-corrected chi connectivity index (χ2v) is 6.07. The molecular weight excluding hydrogens is 358 g/mol. The third-order valence-electron chi connectivity index (χ3n) is 3.78. The van der Waals surface area contributed by atoms with E-state index in [9.17, 15) is 19.7 Å². The topological polar surface area (TPSA) is 92.6 Å². The van der Waals surface area contributed by atoms with Crippen molar-refractivity contribution in [1.29, 1.82) is 0 Å². The van der Waals surface area contributed by atoms with Gasteiger partial charge < -0.3 is 10.2 Å². The highest BCUT2D eigenvalue weighted by Gasteiger charge is 2.19. The molecule has 0 unspecified atom stereocenters. The third kappa shape index (κ3) is 4.80. The molecule has 0 radical (unpaired) electrons. The number of nitrogens with zero attached hydrogens (tertiary/aromatic N) is 2. The van der Waals surface area contributed by atoms with E-state index in [2.05, 4.69) is 5.32 Å². The molecule has 7 nitrogen and oxygen atoms in total. The molecule has 0 spiro atoms. The number of benzene rings is 2. The van der Waals surface area contributed by atoms with Gasteiger partial charge in [-0.1, -0.05) is 23.7 Å². The van der Waals surface area contributed by atoms with Gasteiger partial charge in [-0.25, -0.2) is 0 Å². The van der Waals surface area contributed by atoms with Gasteiger partial charge in [-0.05, 0) is 37.6 Å². The first-order chi connectivity index (χ1) is 12.3. The van der Waals surface area contributed by atoms with E-state index in [1.165, 1.54) is 29.2 Å². The summed E-state index contributed by atoms with van der Waals surface area (Å²) in [5.74, 6) is -0.829. The van der Waals surface area contributed by atoms with Crippen molar-refractivity contribution in [3.63, 3.8) is 0 Å².